The Balaban J connectivity index is 2.04. The first-order chi connectivity index (χ1) is 9.91. The van der Waals surface area contributed by atoms with Gasteiger partial charge in [0.1, 0.15) is 5.60 Å². The van der Waals surface area contributed by atoms with Gasteiger partial charge in [-0.2, -0.15) is 13.2 Å². The van der Waals surface area contributed by atoms with Gasteiger partial charge in [-0.15, -0.1) is 0 Å². The molecule has 2 nitrogen and oxygen atoms in total. The van der Waals surface area contributed by atoms with E-state index in [1.54, 1.807) is 12.3 Å². The summed E-state index contributed by atoms with van der Waals surface area (Å²) < 4.78 is 37.9. The van der Waals surface area contributed by atoms with Crippen LogP contribution in [-0.2, 0) is 18.2 Å². The summed E-state index contributed by atoms with van der Waals surface area (Å²) in [7, 11) is 0. The zero-order valence-electron chi connectivity index (χ0n) is 11.2. The van der Waals surface area contributed by atoms with Crippen LogP contribution in [0.1, 0.15) is 35.2 Å². The van der Waals surface area contributed by atoms with E-state index in [1.165, 1.54) is 12.1 Å². The van der Waals surface area contributed by atoms with Crippen molar-refractivity contribution in [2.75, 3.05) is 0 Å². The summed E-state index contributed by atoms with van der Waals surface area (Å²) in [6.07, 6.45) is -0.714. The van der Waals surface area contributed by atoms with Crippen molar-refractivity contribution in [3.8, 4) is 0 Å². The van der Waals surface area contributed by atoms with E-state index < -0.39 is 17.3 Å². The van der Waals surface area contributed by atoms with Gasteiger partial charge in [0.25, 0.3) is 0 Å². The summed E-state index contributed by atoms with van der Waals surface area (Å²) in [5.74, 6) is 0. The number of halogens is 3. The highest BCUT2D eigenvalue weighted by molar-refractivity contribution is 5.40. The monoisotopic (exact) mass is 293 g/mol. The molecule has 2 aromatic rings. The fourth-order valence-corrected chi connectivity index (χ4v) is 2.88. The number of hydrogen-bond donors (Lipinski definition) is 1. The first-order valence-electron chi connectivity index (χ1n) is 6.76. The second-order valence-corrected chi connectivity index (χ2v) is 5.30. The fraction of sp³-hybridized carbons (Fsp3) is 0.312. The molecule has 1 N–H and O–H groups in total. The predicted octanol–water partition coefficient (Wildman–Crippen LogP) is 3.67. The molecule has 3 rings (SSSR count). The lowest BCUT2D eigenvalue weighted by atomic mass is 9.78. The van der Waals surface area contributed by atoms with Gasteiger partial charge in [-0.05, 0) is 48.6 Å². The third kappa shape index (κ3) is 2.42. The van der Waals surface area contributed by atoms with Gasteiger partial charge >= 0.3 is 6.18 Å². The number of fused-ring (bicyclic) bond motifs is 1. The molecule has 5 heteroatoms. The first-order valence-corrected chi connectivity index (χ1v) is 6.76. The van der Waals surface area contributed by atoms with Crippen LogP contribution in [0.15, 0.2) is 42.6 Å². The quantitative estimate of drug-likeness (QED) is 0.870. The Labute approximate surface area is 120 Å². The van der Waals surface area contributed by atoms with E-state index in [2.05, 4.69) is 4.98 Å². The number of hydrogen-bond acceptors (Lipinski definition) is 2. The minimum atomic E-state index is -4.37. The molecular weight excluding hydrogens is 279 g/mol. The molecule has 0 saturated carbocycles. The normalized spacial score (nSPS) is 21.9. The van der Waals surface area contributed by atoms with E-state index in [0.29, 0.717) is 17.7 Å². The Morgan fingerprint density at radius 2 is 1.81 bits per heavy atom. The molecule has 1 aromatic heterocycles. The smallest absolute Gasteiger partial charge is 0.379 e. The molecular formula is C16H14F3NO. The molecule has 0 fully saturated rings. The van der Waals surface area contributed by atoms with Crippen LogP contribution in [0.5, 0.6) is 0 Å². The second kappa shape index (κ2) is 4.84. The summed E-state index contributed by atoms with van der Waals surface area (Å²) in [6.45, 7) is 0. The van der Waals surface area contributed by atoms with Crippen molar-refractivity contribution >= 4 is 0 Å². The number of nitrogens with zero attached hydrogens (tertiary/aromatic N) is 1. The maximum Gasteiger partial charge on any atom is 0.416 e. The third-order valence-electron chi connectivity index (χ3n) is 3.96. The Morgan fingerprint density at radius 1 is 1.10 bits per heavy atom. The Kier molecular flexibility index (Phi) is 3.24. The van der Waals surface area contributed by atoms with Crippen LogP contribution in [0.3, 0.4) is 0 Å². The summed E-state index contributed by atoms with van der Waals surface area (Å²) in [5, 5.41) is 10.9. The van der Waals surface area contributed by atoms with Crippen LogP contribution in [0.25, 0.3) is 0 Å². The van der Waals surface area contributed by atoms with Crippen molar-refractivity contribution < 1.29 is 18.3 Å². The van der Waals surface area contributed by atoms with Crippen LogP contribution in [0.4, 0.5) is 13.2 Å². The van der Waals surface area contributed by atoms with Gasteiger partial charge < -0.3 is 5.11 Å². The Hall–Kier alpha value is -1.88. The molecule has 1 unspecified atom stereocenters. The van der Waals surface area contributed by atoms with E-state index >= 15 is 0 Å². The molecule has 1 aliphatic carbocycles. The number of pyridine rings is 1. The van der Waals surface area contributed by atoms with E-state index in [9.17, 15) is 18.3 Å². The number of aromatic nitrogens is 1. The van der Waals surface area contributed by atoms with Gasteiger partial charge in [0.05, 0.1) is 11.3 Å². The van der Waals surface area contributed by atoms with Crippen molar-refractivity contribution in [2.24, 2.45) is 0 Å². The van der Waals surface area contributed by atoms with Gasteiger partial charge in [-0.1, -0.05) is 18.2 Å². The highest BCUT2D eigenvalue weighted by Gasteiger charge is 2.38. The molecule has 110 valence electrons. The van der Waals surface area contributed by atoms with Gasteiger partial charge in [0, 0.05) is 6.20 Å². The lowest BCUT2D eigenvalue weighted by Gasteiger charge is -2.33. The van der Waals surface area contributed by atoms with E-state index in [1.807, 2.05) is 6.07 Å². The minimum absolute atomic E-state index is 0.454. The van der Waals surface area contributed by atoms with Gasteiger partial charge in [-0.25, -0.2) is 0 Å². The maximum atomic E-state index is 12.6. The van der Waals surface area contributed by atoms with Gasteiger partial charge in [0.2, 0.25) is 0 Å². The van der Waals surface area contributed by atoms with Crippen LogP contribution in [0.2, 0.25) is 0 Å². The van der Waals surface area contributed by atoms with Crippen LogP contribution in [0, 0.1) is 0 Å². The molecule has 1 aliphatic rings. The van der Waals surface area contributed by atoms with Crippen molar-refractivity contribution in [3.63, 3.8) is 0 Å². The zero-order chi connectivity index (χ0) is 15.1. The van der Waals surface area contributed by atoms with E-state index in [-0.39, 0.29) is 0 Å². The molecule has 1 heterocycles. The summed E-state index contributed by atoms with van der Waals surface area (Å²) in [4.78, 5) is 4.25. The standard InChI is InChI=1S/C16H14F3NO/c17-16(18,19)13-7-5-12(6-8-13)15(21)9-1-3-11-4-2-10-20-14(11)15/h2,4-8,10,21H,1,3,9H2. The number of aliphatic hydroxyl groups is 1. The van der Waals surface area contributed by atoms with Crippen molar-refractivity contribution in [1.29, 1.82) is 0 Å². The van der Waals surface area contributed by atoms with E-state index in [4.69, 9.17) is 0 Å². The summed E-state index contributed by atoms with van der Waals surface area (Å²) in [5.41, 5.74) is -0.0666. The number of rotatable bonds is 1. The highest BCUT2D eigenvalue weighted by Crippen LogP contribution is 2.40. The fourth-order valence-electron chi connectivity index (χ4n) is 2.88. The SMILES string of the molecule is OC1(c2ccc(C(F)(F)F)cc2)CCCc2cccnc21. The Bertz CT molecular complexity index is 651. The molecule has 0 radical (unpaired) electrons. The van der Waals surface area contributed by atoms with Crippen LogP contribution >= 0.6 is 0 Å². The van der Waals surface area contributed by atoms with Crippen molar-refractivity contribution in [2.45, 2.75) is 31.0 Å². The molecule has 21 heavy (non-hydrogen) atoms. The van der Waals surface area contributed by atoms with E-state index in [0.717, 1.165) is 30.5 Å². The largest absolute Gasteiger partial charge is 0.416 e. The lowest BCUT2D eigenvalue weighted by molar-refractivity contribution is -0.137. The average Bonchev–Trinajstić information content (AvgIpc) is 2.47. The van der Waals surface area contributed by atoms with Crippen LogP contribution < -0.4 is 0 Å². The van der Waals surface area contributed by atoms with Crippen molar-refractivity contribution in [1.82, 2.24) is 4.98 Å². The van der Waals surface area contributed by atoms with Crippen LogP contribution in [-0.4, -0.2) is 10.1 Å². The topological polar surface area (TPSA) is 33.1 Å². The molecule has 0 saturated heterocycles. The van der Waals surface area contributed by atoms with Gasteiger partial charge in [0.15, 0.2) is 0 Å². The lowest BCUT2D eigenvalue weighted by Crippen LogP contribution is -2.33. The molecule has 1 aromatic carbocycles. The molecule has 0 amide bonds. The summed E-state index contributed by atoms with van der Waals surface area (Å²) in [6, 6.07) is 8.39. The van der Waals surface area contributed by atoms with Crippen molar-refractivity contribution in [3.05, 3.63) is 65.0 Å². The Morgan fingerprint density at radius 3 is 2.48 bits per heavy atom. The van der Waals surface area contributed by atoms with Gasteiger partial charge in [-0.3, -0.25) is 4.98 Å². The third-order valence-corrected chi connectivity index (χ3v) is 3.96. The molecule has 0 spiro atoms. The molecule has 1 atom stereocenters. The highest BCUT2D eigenvalue weighted by atomic mass is 19.4. The number of aryl methyl sites for hydroxylation is 1. The molecule has 0 aliphatic heterocycles. The predicted molar refractivity (Wildman–Crippen MR) is 71.6 cm³/mol. The summed E-state index contributed by atoms with van der Waals surface area (Å²) >= 11 is 0. The zero-order valence-corrected chi connectivity index (χ0v) is 11.2. The average molecular weight is 293 g/mol. The number of benzene rings is 1. The second-order valence-electron chi connectivity index (χ2n) is 5.30. The first kappa shape index (κ1) is 14.1. The molecule has 0 bridgehead atoms. The minimum Gasteiger partial charge on any atom is -0.379 e. The maximum absolute atomic E-state index is 12.6. The number of alkyl halides is 3.